The lowest BCUT2D eigenvalue weighted by Crippen LogP contribution is -2.63. The van der Waals surface area contributed by atoms with Crippen LogP contribution >= 0.6 is 0 Å². The van der Waals surface area contributed by atoms with Crippen LogP contribution in [0.15, 0.2) is 235 Å². The van der Waals surface area contributed by atoms with Crippen molar-refractivity contribution in [1.82, 2.24) is 4.57 Å². The molecule has 324 valence electrons. The molecule has 2 aromatic heterocycles. The van der Waals surface area contributed by atoms with Crippen LogP contribution in [0.3, 0.4) is 0 Å². The number of nitrogens with zero attached hydrogens (tertiary/aromatic N) is 2. The summed E-state index contributed by atoms with van der Waals surface area (Å²) in [5.41, 5.74) is 16.2. The number of anilines is 3. The van der Waals surface area contributed by atoms with Crippen LogP contribution in [0.2, 0.25) is 13.1 Å². The normalized spacial score (nSPS) is 15.6. The van der Waals surface area contributed by atoms with Crippen LogP contribution in [0.4, 0.5) is 17.1 Å². The van der Waals surface area contributed by atoms with Crippen molar-refractivity contribution in [3.8, 4) is 16.8 Å². The molecule has 3 heterocycles. The highest BCUT2D eigenvalue weighted by atomic mass is 28.3. The minimum atomic E-state index is -2.39. The van der Waals surface area contributed by atoms with Crippen molar-refractivity contribution in [2.24, 2.45) is 0 Å². The summed E-state index contributed by atoms with van der Waals surface area (Å²) in [6, 6.07) is 86.3. The number of para-hydroxylation sites is 2. The zero-order chi connectivity index (χ0) is 45.6. The van der Waals surface area contributed by atoms with E-state index >= 15 is 0 Å². The van der Waals surface area contributed by atoms with Gasteiger partial charge in [0, 0.05) is 32.9 Å². The molecule has 4 heteroatoms. The summed E-state index contributed by atoms with van der Waals surface area (Å²) in [7, 11) is -2.39. The van der Waals surface area contributed by atoms with Crippen LogP contribution in [0.5, 0.6) is 0 Å². The van der Waals surface area contributed by atoms with E-state index in [9.17, 15) is 0 Å². The number of aromatic nitrogens is 1. The SMILES string of the molecule is C[Si]1(C)c2ccccc2C2(c3ccccc3-c3cccc4cccc2c34)c2ccc(N(c3ccc4c(c3)c3ccccc3n4-c3cccc4ccccc34)c3cccc4oc5ccccc5c34)cc21. The van der Waals surface area contributed by atoms with E-state index in [2.05, 4.69) is 253 Å². The van der Waals surface area contributed by atoms with Crippen molar-refractivity contribution in [1.29, 1.82) is 0 Å². The zero-order valence-corrected chi connectivity index (χ0v) is 39.2. The third-order valence-corrected chi connectivity index (χ3v) is 19.4. The van der Waals surface area contributed by atoms with Gasteiger partial charge in [-0.05, 0) is 121 Å². The fraction of sp³-hybridized carbons (Fsp3) is 0.0462. The monoisotopic (exact) mass is 896 g/mol. The Labute approximate surface area is 400 Å². The van der Waals surface area contributed by atoms with Gasteiger partial charge < -0.3 is 13.9 Å². The molecule has 69 heavy (non-hydrogen) atoms. The Morgan fingerprint density at radius 3 is 1.93 bits per heavy atom. The molecular formula is C65H44N2OSi. The molecule has 1 atom stereocenters. The number of furan rings is 1. The van der Waals surface area contributed by atoms with Crippen LogP contribution in [0.25, 0.3) is 82.1 Å². The molecule has 0 bridgehead atoms. The molecule has 2 aliphatic rings. The summed E-state index contributed by atoms with van der Waals surface area (Å²) in [6.45, 7) is 5.13. The Kier molecular flexibility index (Phi) is 7.87. The molecule has 15 rings (SSSR count). The van der Waals surface area contributed by atoms with E-state index < -0.39 is 13.5 Å². The molecule has 0 radical (unpaired) electrons. The van der Waals surface area contributed by atoms with E-state index in [4.69, 9.17) is 4.42 Å². The van der Waals surface area contributed by atoms with Crippen molar-refractivity contribution in [2.45, 2.75) is 18.5 Å². The summed E-state index contributed by atoms with van der Waals surface area (Å²) >= 11 is 0. The molecule has 1 unspecified atom stereocenters. The van der Waals surface area contributed by atoms with Gasteiger partial charge in [0.2, 0.25) is 0 Å². The largest absolute Gasteiger partial charge is 0.456 e. The van der Waals surface area contributed by atoms with Gasteiger partial charge in [-0.15, -0.1) is 0 Å². The van der Waals surface area contributed by atoms with Gasteiger partial charge in [0.25, 0.3) is 0 Å². The van der Waals surface area contributed by atoms with Gasteiger partial charge in [0.1, 0.15) is 19.2 Å². The number of benzene rings is 11. The van der Waals surface area contributed by atoms with Crippen molar-refractivity contribution < 1.29 is 4.42 Å². The first-order valence-electron chi connectivity index (χ1n) is 24.1. The highest BCUT2D eigenvalue weighted by Crippen LogP contribution is 2.57. The summed E-state index contributed by atoms with van der Waals surface area (Å²) in [5.74, 6) is 0. The first-order chi connectivity index (χ1) is 34.0. The predicted octanol–water partition coefficient (Wildman–Crippen LogP) is 16.0. The van der Waals surface area contributed by atoms with Crippen LogP contribution in [-0.2, 0) is 5.41 Å². The molecule has 11 aromatic carbocycles. The van der Waals surface area contributed by atoms with Crippen LogP contribution in [0, 0.1) is 0 Å². The lowest BCUT2D eigenvalue weighted by Gasteiger charge is -2.50. The quantitative estimate of drug-likeness (QED) is 0.164. The smallest absolute Gasteiger partial charge is 0.137 e. The molecule has 0 amide bonds. The second-order valence-electron chi connectivity index (χ2n) is 19.5. The number of hydrogen-bond acceptors (Lipinski definition) is 2. The summed E-state index contributed by atoms with van der Waals surface area (Å²) in [4.78, 5) is 2.51. The van der Waals surface area contributed by atoms with E-state index in [1.165, 1.54) is 92.8 Å². The van der Waals surface area contributed by atoms with Crippen LogP contribution in [-0.4, -0.2) is 12.6 Å². The fourth-order valence-electron chi connectivity index (χ4n) is 12.9. The lowest BCUT2D eigenvalue weighted by molar-refractivity contribution is 0.669. The minimum Gasteiger partial charge on any atom is -0.456 e. The molecule has 1 spiro atoms. The third kappa shape index (κ3) is 5.11. The van der Waals surface area contributed by atoms with Gasteiger partial charge in [-0.2, -0.15) is 0 Å². The summed E-state index contributed by atoms with van der Waals surface area (Å²) in [6.07, 6.45) is 0. The maximum Gasteiger partial charge on any atom is 0.137 e. The fourth-order valence-corrected chi connectivity index (χ4v) is 16.1. The highest BCUT2D eigenvalue weighted by molar-refractivity contribution is 7.01. The Morgan fingerprint density at radius 2 is 1.01 bits per heavy atom. The minimum absolute atomic E-state index is 0.522. The van der Waals surface area contributed by atoms with E-state index in [-0.39, 0.29) is 0 Å². The average molecular weight is 897 g/mol. The third-order valence-electron chi connectivity index (χ3n) is 15.8. The molecule has 0 fully saturated rings. The standard InChI is InChI=1S/C65H44N2OSi/c1-69(2)61-34-12-9-27-52(61)65(51-26-8-5-22-46(51)48-25-13-19-42-20-14-28-54(65)63(42)48)53-37-35-44(40-62(53)69)66(58-31-16-33-60-64(58)49-24-7-11-32-59(49)68-60)43-36-38-57-50(39-43)47-23-6-10-29-56(47)67(57)55-30-15-18-41-17-3-4-21-45(41)55/h3-40H,1-2H3. The van der Waals surface area contributed by atoms with Crippen molar-refractivity contribution in [3.63, 3.8) is 0 Å². The molecule has 13 aromatic rings. The van der Waals surface area contributed by atoms with E-state index in [1.54, 1.807) is 0 Å². The van der Waals surface area contributed by atoms with Crippen LogP contribution in [0.1, 0.15) is 22.3 Å². The first kappa shape index (κ1) is 38.6. The van der Waals surface area contributed by atoms with Crippen molar-refractivity contribution >= 4 is 101 Å². The predicted molar refractivity (Wildman–Crippen MR) is 292 cm³/mol. The Bertz CT molecular complexity index is 4320. The number of hydrogen-bond donors (Lipinski definition) is 0. The van der Waals surface area contributed by atoms with E-state index in [0.717, 1.165) is 39.0 Å². The van der Waals surface area contributed by atoms with Gasteiger partial charge in [-0.1, -0.05) is 183 Å². The van der Waals surface area contributed by atoms with Crippen molar-refractivity contribution in [2.75, 3.05) is 4.90 Å². The van der Waals surface area contributed by atoms with Gasteiger partial charge in [-0.3, -0.25) is 0 Å². The number of rotatable bonds is 4. The van der Waals surface area contributed by atoms with Crippen LogP contribution < -0.4 is 15.3 Å². The number of fused-ring (bicyclic) bond motifs is 15. The topological polar surface area (TPSA) is 21.3 Å². The molecule has 0 N–H and O–H groups in total. The first-order valence-corrected chi connectivity index (χ1v) is 27.1. The zero-order valence-electron chi connectivity index (χ0n) is 38.2. The van der Waals surface area contributed by atoms with Gasteiger partial charge in [0.05, 0.1) is 33.2 Å². The molecule has 1 aliphatic carbocycles. The maximum absolute atomic E-state index is 6.63. The van der Waals surface area contributed by atoms with Crippen molar-refractivity contribution in [3.05, 3.63) is 253 Å². The second kappa shape index (κ2) is 14.1. The molecule has 0 saturated carbocycles. The lowest BCUT2D eigenvalue weighted by atomic mass is 9.59. The van der Waals surface area contributed by atoms with E-state index in [0.29, 0.717) is 0 Å². The van der Waals surface area contributed by atoms with Gasteiger partial charge >= 0.3 is 0 Å². The molecule has 1 aliphatic heterocycles. The van der Waals surface area contributed by atoms with Gasteiger partial charge in [0.15, 0.2) is 0 Å². The Hall–Kier alpha value is -8.44. The molecular weight excluding hydrogens is 853 g/mol. The summed E-state index contributed by atoms with van der Waals surface area (Å²) in [5, 5.41) is 12.7. The average Bonchev–Trinajstić information content (AvgIpc) is 3.95. The highest BCUT2D eigenvalue weighted by Gasteiger charge is 2.52. The van der Waals surface area contributed by atoms with E-state index in [1.807, 2.05) is 0 Å². The second-order valence-corrected chi connectivity index (χ2v) is 23.9. The molecule has 3 nitrogen and oxygen atoms in total. The Morgan fingerprint density at radius 1 is 0.406 bits per heavy atom. The summed E-state index contributed by atoms with van der Waals surface area (Å²) < 4.78 is 9.09. The molecule has 0 saturated heterocycles. The Balaban J connectivity index is 1.03. The maximum atomic E-state index is 6.63. The van der Waals surface area contributed by atoms with Gasteiger partial charge in [-0.25, -0.2) is 0 Å².